The van der Waals surface area contributed by atoms with Crippen LogP contribution in [0.1, 0.15) is 0 Å². The highest BCUT2D eigenvalue weighted by molar-refractivity contribution is 6.25. The highest BCUT2D eigenvalue weighted by Gasteiger charge is 2.26. The Morgan fingerprint density at radius 1 is 0.291 bits per heavy atom. The Morgan fingerprint density at radius 3 is 1.64 bits per heavy atom. The number of nitrogens with zero attached hydrogens (tertiary/aromatic N) is 2. The summed E-state index contributed by atoms with van der Waals surface area (Å²) in [5.74, 6) is 1.76. The van der Waals surface area contributed by atoms with E-state index in [2.05, 4.69) is 203 Å². The van der Waals surface area contributed by atoms with E-state index in [1.54, 1.807) is 0 Å². The van der Waals surface area contributed by atoms with Crippen molar-refractivity contribution in [3.8, 4) is 56.3 Å². The molecule has 3 nitrogen and oxygen atoms in total. The number of para-hydroxylation sites is 3. The van der Waals surface area contributed by atoms with Crippen molar-refractivity contribution in [3.63, 3.8) is 0 Å². The van der Waals surface area contributed by atoms with E-state index in [1.165, 1.54) is 65.7 Å². The summed E-state index contributed by atoms with van der Waals surface area (Å²) >= 11 is 0. The van der Waals surface area contributed by atoms with Gasteiger partial charge in [0.2, 0.25) is 0 Å². The van der Waals surface area contributed by atoms with Crippen LogP contribution >= 0.6 is 0 Å². The van der Waals surface area contributed by atoms with Gasteiger partial charge in [-0.05, 0) is 87.8 Å². The van der Waals surface area contributed by atoms with E-state index in [9.17, 15) is 0 Å². The normalized spacial score (nSPS) is 12.1. The van der Waals surface area contributed by atoms with Crippen LogP contribution in [0.3, 0.4) is 0 Å². The molecule has 3 heterocycles. The second-order valence-electron chi connectivity index (χ2n) is 14.5. The maximum atomic E-state index is 7.01. The minimum atomic E-state index is 0.872. The summed E-state index contributed by atoms with van der Waals surface area (Å²) in [4.78, 5) is 0. The van der Waals surface area contributed by atoms with Gasteiger partial charge >= 0.3 is 0 Å². The van der Waals surface area contributed by atoms with E-state index in [1.807, 2.05) is 0 Å². The number of hydrogen-bond donors (Lipinski definition) is 0. The van der Waals surface area contributed by atoms with Gasteiger partial charge in [0, 0.05) is 49.9 Å². The number of hydrogen-bond acceptors (Lipinski definition) is 1. The Balaban J connectivity index is 1.04. The van der Waals surface area contributed by atoms with Gasteiger partial charge in [0.25, 0.3) is 0 Å². The summed E-state index contributed by atoms with van der Waals surface area (Å²) < 4.78 is 11.8. The summed E-state index contributed by atoms with van der Waals surface area (Å²) in [5, 5.41) is 7.32. The van der Waals surface area contributed by atoms with Crippen molar-refractivity contribution in [2.45, 2.75) is 0 Å². The molecule has 0 amide bonds. The van der Waals surface area contributed by atoms with E-state index in [4.69, 9.17) is 4.74 Å². The third-order valence-electron chi connectivity index (χ3n) is 11.5. The zero-order chi connectivity index (χ0) is 36.0. The molecular weight excluding hydrogens is 669 g/mol. The minimum absolute atomic E-state index is 0.872. The van der Waals surface area contributed by atoms with Crippen molar-refractivity contribution in [3.05, 3.63) is 194 Å². The van der Waals surface area contributed by atoms with Crippen LogP contribution < -0.4 is 4.74 Å². The molecule has 0 saturated carbocycles. The van der Waals surface area contributed by atoms with Crippen molar-refractivity contribution in [1.29, 1.82) is 0 Å². The molecule has 9 aromatic carbocycles. The maximum Gasteiger partial charge on any atom is 0.138 e. The molecule has 2 aromatic heterocycles. The predicted molar refractivity (Wildman–Crippen MR) is 229 cm³/mol. The molecule has 0 spiro atoms. The van der Waals surface area contributed by atoms with Crippen molar-refractivity contribution in [1.82, 2.24) is 9.13 Å². The average Bonchev–Trinajstić information content (AvgIpc) is 3.77. The first-order valence-electron chi connectivity index (χ1n) is 18.9. The number of benzene rings is 9. The number of rotatable bonds is 4. The van der Waals surface area contributed by atoms with E-state index < -0.39 is 0 Å². The summed E-state index contributed by atoms with van der Waals surface area (Å²) in [5.41, 5.74) is 14.0. The Hall–Kier alpha value is -7.36. The van der Waals surface area contributed by atoms with Crippen molar-refractivity contribution < 1.29 is 4.74 Å². The minimum Gasteiger partial charge on any atom is -0.456 e. The predicted octanol–water partition coefficient (Wildman–Crippen LogP) is 14.1. The maximum absolute atomic E-state index is 7.01. The monoisotopic (exact) mass is 700 g/mol. The Morgan fingerprint density at radius 2 is 0.855 bits per heavy atom. The Labute approximate surface area is 317 Å². The van der Waals surface area contributed by atoms with Crippen LogP contribution in [-0.2, 0) is 0 Å². The van der Waals surface area contributed by atoms with Crippen LogP contribution in [-0.4, -0.2) is 9.13 Å². The first kappa shape index (κ1) is 30.1. The molecule has 1 aliphatic heterocycles. The molecule has 0 saturated heterocycles. The second kappa shape index (κ2) is 11.6. The molecule has 0 atom stereocenters. The molecule has 55 heavy (non-hydrogen) atoms. The van der Waals surface area contributed by atoms with Gasteiger partial charge in [-0.1, -0.05) is 133 Å². The standard InChI is InChI=1S/C52H32N2O/c1-3-13-33(14-4-1)34-25-28-37(29-26-34)53-44-22-9-7-17-41(44)50-38(19-12-24-46(50)53)35-27-30-39-40-20-11-21-43-51-42-18-8-10-23-45(42)54(36-15-5-2-6-16-36)47(51)32-49(52(40)43)55-48(39)31-35/h1-32H. The quantitative estimate of drug-likeness (QED) is 0.179. The van der Waals surface area contributed by atoms with Gasteiger partial charge in [-0.15, -0.1) is 0 Å². The van der Waals surface area contributed by atoms with Gasteiger partial charge in [-0.25, -0.2) is 0 Å². The molecule has 0 unspecified atom stereocenters. The molecular formula is C52H32N2O. The third-order valence-corrected chi connectivity index (χ3v) is 11.5. The lowest BCUT2D eigenvalue weighted by Gasteiger charge is -2.23. The highest BCUT2D eigenvalue weighted by atomic mass is 16.5. The molecule has 0 radical (unpaired) electrons. The summed E-state index contributed by atoms with van der Waals surface area (Å²) in [6, 6.07) is 70.0. The average molecular weight is 701 g/mol. The lowest BCUT2D eigenvalue weighted by Crippen LogP contribution is -1.99. The fourth-order valence-electron chi connectivity index (χ4n) is 9.15. The molecule has 3 heteroatoms. The largest absolute Gasteiger partial charge is 0.456 e. The van der Waals surface area contributed by atoms with E-state index in [-0.39, 0.29) is 0 Å². The zero-order valence-electron chi connectivity index (χ0n) is 29.8. The van der Waals surface area contributed by atoms with Crippen LogP contribution in [0.15, 0.2) is 194 Å². The molecule has 11 aromatic rings. The van der Waals surface area contributed by atoms with E-state index >= 15 is 0 Å². The molecule has 256 valence electrons. The van der Waals surface area contributed by atoms with Crippen LogP contribution in [0, 0.1) is 0 Å². The Kier molecular flexibility index (Phi) is 6.34. The van der Waals surface area contributed by atoms with Crippen LogP contribution in [0.5, 0.6) is 11.5 Å². The van der Waals surface area contributed by atoms with Gasteiger partial charge in [0.1, 0.15) is 11.5 Å². The third kappa shape index (κ3) is 4.38. The van der Waals surface area contributed by atoms with Crippen molar-refractivity contribution in [2.75, 3.05) is 0 Å². The lowest BCUT2D eigenvalue weighted by atomic mass is 9.90. The highest BCUT2D eigenvalue weighted by Crippen LogP contribution is 2.52. The molecule has 0 N–H and O–H groups in total. The van der Waals surface area contributed by atoms with Gasteiger partial charge < -0.3 is 13.9 Å². The fourth-order valence-corrected chi connectivity index (χ4v) is 9.15. The van der Waals surface area contributed by atoms with Gasteiger partial charge in [-0.2, -0.15) is 0 Å². The molecule has 0 fully saturated rings. The van der Waals surface area contributed by atoms with Gasteiger partial charge in [-0.3, -0.25) is 0 Å². The first-order chi connectivity index (χ1) is 27.3. The second-order valence-corrected chi connectivity index (χ2v) is 14.5. The van der Waals surface area contributed by atoms with E-state index in [0.717, 1.165) is 44.9 Å². The van der Waals surface area contributed by atoms with Crippen LogP contribution in [0.2, 0.25) is 0 Å². The summed E-state index contributed by atoms with van der Waals surface area (Å²) in [7, 11) is 0. The van der Waals surface area contributed by atoms with Crippen LogP contribution in [0.25, 0.3) is 99.1 Å². The molecule has 12 rings (SSSR count). The summed E-state index contributed by atoms with van der Waals surface area (Å²) in [6.45, 7) is 0. The zero-order valence-corrected chi connectivity index (χ0v) is 29.8. The number of aromatic nitrogens is 2. The first-order valence-corrected chi connectivity index (χ1v) is 18.9. The smallest absolute Gasteiger partial charge is 0.138 e. The number of ether oxygens (including phenoxy) is 1. The van der Waals surface area contributed by atoms with Gasteiger partial charge in [0.05, 0.1) is 22.1 Å². The van der Waals surface area contributed by atoms with Gasteiger partial charge in [0.15, 0.2) is 0 Å². The van der Waals surface area contributed by atoms with Crippen molar-refractivity contribution in [2.24, 2.45) is 0 Å². The molecule has 0 bridgehead atoms. The van der Waals surface area contributed by atoms with Crippen molar-refractivity contribution >= 4 is 54.4 Å². The van der Waals surface area contributed by atoms with Crippen LogP contribution in [0.4, 0.5) is 0 Å². The SMILES string of the molecule is c1ccc(-c2ccc(-n3c4ccccc4c4c(-c5ccc6c(c5)Oc5cc7c(c8cccc-6c58)c5ccccc5n7-c5ccccc5)cccc43)cc2)cc1. The number of fused-ring (bicyclic) bond motifs is 9. The topological polar surface area (TPSA) is 19.1 Å². The molecule has 1 aliphatic rings. The van der Waals surface area contributed by atoms with E-state index in [0.29, 0.717) is 0 Å². The summed E-state index contributed by atoms with van der Waals surface area (Å²) in [6.07, 6.45) is 0. The Bertz CT molecular complexity index is 3320. The lowest BCUT2D eigenvalue weighted by molar-refractivity contribution is 0.488. The fraction of sp³-hybridized carbons (Fsp3) is 0. The molecule has 0 aliphatic carbocycles.